The summed E-state index contributed by atoms with van der Waals surface area (Å²) in [5, 5.41) is 5.98. The first kappa shape index (κ1) is 19.2. The number of amides is 1. The van der Waals surface area contributed by atoms with Gasteiger partial charge in [-0.1, -0.05) is 35.3 Å². The van der Waals surface area contributed by atoms with Crippen LogP contribution >= 0.6 is 23.2 Å². The second-order valence-corrected chi connectivity index (χ2v) is 6.01. The normalized spacial score (nSPS) is 11.7. The van der Waals surface area contributed by atoms with Gasteiger partial charge < -0.3 is 15.4 Å². The Morgan fingerprint density at radius 1 is 1.16 bits per heavy atom. The monoisotopic (exact) mass is 381 g/mol. The molecule has 0 aliphatic heterocycles. The Morgan fingerprint density at radius 3 is 2.28 bits per heavy atom. The Balaban J connectivity index is 2.07. The van der Waals surface area contributed by atoms with Crippen LogP contribution < -0.4 is 10.6 Å². The molecule has 6 nitrogen and oxygen atoms in total. The van der Waals surface area contributed by atoms with E-state index in [4.69, 9.17) is 27.9 Å². The smallest absolute Gasteiger partial charge is 0.323 e. The molecule has 1 aromatic heterocycles. The van der Waals surface area contributed by atoms with Crippen molar-refractivity contribution in [3.63, 3.8) is 0 Å². The topological polar surface area (TPSA) is 80.3 Å². The zero-order valence-corrected chi connectivity index (χ0v) is 15.2. The van der Waals surface area contributed by atoms with Crippen LogP contribution in [0.3, 0.4) is 0 Å². The number of rotatable bonds is 6. The molecule has 1 atom stereocenters. The van der Waals surface area contributed by atoms with Gasteiger partial charge >= 0.3 is 5.97 Å². The molecule has 0 saturated heterocycles. The summed E-state index contributed by atoms with van der Waals surface area (Å²) in [5.41, 5.74) is 1.67. The fourth-order valence-corrected chi connectivity index (χ4v) is 2.76. The molecule has 0 spiro atoms. The number of carbonyl (C=O) groups is 2. The second kappa shape index (κ2) is 8.80. The summed E-state index contributed by atoms with van der Waals surface area (Å²) in [6.45, 7) is 0. The SMILES string of the molecule is CN[C@@H](Cc1ccc(NC(=O)c2c(Cl)cncc2Cl)cc1)C(=O)OC. The molecule has 0 aliphatic carbocycles. The molecule has 0 aliphatic rings. The highest BCUT2D eigenvalue weighted by molar-refractivity contribution is 6.40. The highest BCUT2D eigenvalue weighted by Gasteiger charge is 2.18. The molecule has 0 bridgehead atoms. The van der Waals surface area contributed by atoms with Gasteiger partial charge in [0.05, 0.1) is 22.7 Å². The fourth-order valence-electron chi connectivity index (χ4n) is 2.23. The second-order valence-electron chi connectivity index (χ2n) is 5.20. The number of halogens is 2. The summed E-state index contributed by atoms with van der Waals surface area (Å²) < 4.78 is 4.73. The molecule has 0 saturated carbocycles. The first-order chi connectivity index (χ1) is 12.0. The number of pyridine rings is 1. The first-order valence-corrected chi connectivity index (χ1v) is 8.16. The van der Waals surface area contributed by atoms with Crippen molar-refractivity contribution in [1.29, 1.82) is 0 Å². The lowest BCUT2D eigenvalue weighted by atomic mass is 10.1. The van der Waals surface area contributed by atoms with Crippen molar-refractivity contribution in [1.82, 2.24) is 10.3 Å². The number of nitrogens with zero attached hydrogens (tertiary/aromatic N) is 1. The van der Waals surface area contributed by atoms with Gasteiger partial charge in [-0.2, -0.15) is 0 Å². The Labute approximate surface area is 155 Å². The number of methoxy groups -OCH3 is 1. The van der Waals surface area contributed by atoms with Crippen LogP contribution in [0.2, 0.25) is 10.0 Å². The maximum atomic E-state index is 12.3. The van der Waals surface area contributed by atoms with Crippen molar-refractivity contribution in [2.45, 2.75) is 12.5 Å². The fraction of sp³-hybridized carbons (Fsp3) is 0.235. The van der Waals surface area contributed by atoms with E-state index in [1.54, 1.807) is 19.2 Å². The number of anilines is 1. The van der Waals surface area contributed by atoms with Crippen molar-refractivity contribution in [3.8, 4) is 0 Å². The van der Waals surface area contributed by atoms with Gasteiger partial charge in [-0.25, -0.2) is 0 Å². The van der Waals surface area contributed by atoms with Gasteiger partial charge in [0.15, 0.2) is 0 Å². The quantitative estimate of drug-likeness (QED) is 0.751. The van der Waals surface area contributed by atoms with E-state index >= 15 is 0 Å². The predicted octanol–water partition coefficient (Wildman–Crippen LogP) is 2.94. The van der Waals surface area contributed by atoms with E-state index in [9.17, 15) is 9.59 Å². The number of aromatic nitrogens is 1. The number of carbonyl (C=O) groups excluding carboxylic acids is 2. The lowest BCUT2D eigenvalue weighted by Crippen LogP contribution is -2.36. The summed E-state index contributed by atoms with van der Waals surface area (Å²) in [6.07, 6.45) is 3.19. The van der Waals surface area contributed by atoms with Gasteiger partial charge in [-0.05, 0) is 31.2 Å². The van der Waals surface area contributed by atoms with Gasteiger partial charge in [-0.3, -0.25) is 14.6 Å². The minimum atomic E-state index is -0.431. The Kier molecular flexibility index (Phi) is 6.75. The zero-order chi connectivity index (χ0) is 18.4. The molecule has 132 valence electrons. The Morgan fingerprint density at radius 2 is 1.76 bits per heavy atom. The minimum absolute atomic E-state index is 0.170. The lowest BCUT2D eigenvalue weighted by Gasteiger charge is -2.14. The molecule has 8 heteroatoms. The van der Waals surface area contributed by atoms with Crippen LogP contribution in [0.1, 0.15) is 15.9 Å². The molecule has 0 fully saturated rings. The van der Waals surface area contributed by atoms with E-state index in [0.29, 0.717) is 12.1 Å². The van der Waals surface area contributed by atoms with Crippen LogP contribution in [-0.4, -0.2) is 37.1 Å². The van der Waals surface area contributed by atoms with Crippen LogP contribution in [0.25, 0.3) is 0 Å². The number of nitrogens with one attached hydrogen (secondary N) is 2. The molecule has 1 amide bonds. The largest absolute Gasteiger partial charge is 0.468 e. The van der Waals surface area contributed by atoms with Crippen LogP contribution in [0.5, 0.6) is 0 Å². The number of ether oxygens (including phenoxy) is 1. The van der Waals surface area contributed by atoms with Crippen molar-refractivity contribution in [2.24, 2.45) is 0 Å². The number of hydrogen-bond acceptors (Lipinski definition) is 5. The van der Waals surface area contributed by atoms with Crippen molar-refractivity contribution in [2.75, 3.05) is 19.5 Å². The van der Waals surface area contributed by atoms with Gasteiger partial charge in [0, 0.05) is 18.1 Å². The van der Waals surface area contributed by atoms with E-state index in [-0.39, 0.29) is 21.6 Å². The molecular weight excluding hydrogens is 365 g/mol. The summed E-state index contributed by atoms with van der Waals surface area (Å²) >= 11 is 11.9. The molecule has 1 aromatic carbocycles. The zero-order valence-electron chi connectivity index (χ0n) is 13.7. The third-order valence-corrected chi connectivity index (χ3v) is 4.14. The van der Waals surface area contributed by atoms with Crippen LogP contribution in [0, 0.1) is 0 Å². The molecule has 0 unspecified atom stereocenters. The lowest BCUT2D eigenvalue weighted by molar-refractivity contribution is -0.142. The summed E-state index contributed by atoms with van der Waals surface area (Å²) in [7, 11) is 3.04. The van der Waals surface area contributed by atoms with Gasteiger partial charge in [0.1, 0.15) is 6.04 Å². The molecule has 2 N–H and O–H groups in total. The highest BCUT2D eigenvalue weighted by Crippen LogP contribution is 2.24. The summed E-state index contributed by atoms with van der Waals surface area (Å²) in [6, 6.07) is 6.68. The standard InChI is InChI=1S/C17H17Cl2N3O3/c1-20-14(17(24)25-2)7-10-3-5-11(6-4-10)22-16(23)15-12(18)8-21-9-13(15)19/h3-6,8-9,14,20H,7H2,1-2H3,(H,22,23)/t14-/m0/s1. The van der Waals surface area contributed by atoms with Gasteiger partial charge in [-0.15, -0.1) is 0 Å². The van der Waals surface area contributed by atoms with E-state index < -0.39 is 11.9 Å². The molecular formula is C17H17Cl2N3O3. The van der Waals surface area contributed by atoms with Crippen LogP contribution in [0.4, 0.5) is 5.69 Å². The highest BCUT2D eigenvalue weighted by atomic mass is 35.5. The third-order valence-electron chi connectivity index (χ3n) is 3.57. The van der Waals surface area contributed by atoms with E-state index in [2.05, 4.69) is 15.6 Å². The average Bonchev–Trinajstić information content (AvgIpc) is 2.60. The minimum Gasteiger partial charge on any atom is -0.468 e. The maximum Gasteiger partial charge on any atom is 0.323 e. The van der Waals surface area contributed by atoms with E-state index in [1.165, 1.54) is 19.5 Å². The van der Waals surface area contributed by atoms with Crippen molar-refractivity contribution >= 4 is 40.8 Å². The number of hydrogen-bond donors (Lipinski definition) is 2. The molecule has 0 radical (unpaired) electrons. The van der Waals surface area contributed by atoms with Crippen molar-refractivity contribution < 1.29 is 14.3 Å². The number of esters is 1. The van der Waals surface area contributed by atoms with Crippen molar-refractivity contribution in [3.05, 3.63) is 57.8 Å². The molecule has 2 aromatic rings. The summed E-state index contributed by atoms with van der Waals surface area (Å²) in [4.78, 5) is 27.7. The Bertz CT molecular complexity index is 746. The molecule has 1 heterocycles. The van der Waals surface area contributed by atoms with E-state index in [0.717, 1.165) is 5.56 Å². The van der Waals surface area contributed by atoms with E-state index in [1.807, 2.05) is 12.1 Å². The average molecular weight is 382 g/mol. The molecule has 25 heavy (non-hydrogen) atoms. The van der Waals surface area contributed by atoms with Crippen LogP contribution in [-0.2, 0) is 16.0 Å². The predicted molar refractivity (Wildman–Crippen MR) is 97.2 cm³/mol. The third kappa shape index (κ3) is 4.92. The first-order valence-electron chi connectivity index (χ1n) is 7.40. The Hall–Kier alpha value is -2.15. The van der Waals surface area contributed by atoms with Crippen LogP contribution in [0.15, 0.2) is 36.7 Å². The molecule has 2 rings (SSSR count). The summed E-state index contributed by atoms with van der Waals surface area (Å²) in [5.74, 6) is -0.755. The number of benzene rings is 1. The van der Waals surface area contributed by atoms with Gasteiger partial charge in [0.2, 0.25) is 0 Å². The number of likely N-dealkylation sites (N-methyl/N-ethyl adjacent to an activating group) is 1. The maximum absolute atomic E-state index is 12.3. The van der Waals surface area contributed by atoms with Gasteiger partial charge in [0.25, 0.3) is 5.91 Å².